The summed E-state index contributed by atoms with van der Waals surface area (Å²) in [4.78, 5) is 3.60. The van der Waals surface area contributed by atoms with Crippen molar-refractivity contribution in [1.82, 2.24) is 5.32 Å². The van der Waals surface area contributed by atoms with E-state index < -0.39 is 11.6 Å². The van der Waals surface area contributed by atoms with E-state index in [2.05, 4.69) is 4.99 Å². The molecule has 0 aliphatic heterocycles. The highest BCUT2D eigenvalue weighted by Gasteiger charge is 2.01. The smallest absolute Gasteiger partial charge is 0.207 e. The lowest BCUT2D eigenvalue weighted by Gasteiger charge is -1.97. The van der Waals surface area contributed by atoms with Gasteiger partial charge in [-0.1, -0.05) is 0 Å². The molecule has 0 atom stereocenters. The van der Waals surface area contributed by atoms with Crippen molar-refractivity contribution in [3.63, 3.8) is 0 Å². The third-order valence-electron chi connectivity index (χ3n) is 1.34. The summed E-state index contributed by atoms with van der Waals surface area (Å²) in [6, 6.07) is 3.04. The lowest BCUT2D eigenvalue weighted by molar-refractivity contribution is 0.509. The van der Waals surface area contributed by atoms with Crippen LogP contribution in [-0.4, -0.2) is 5.96 Å². The topological polar surface area (TPSA) is 74.2 Å². The summed E-state index contributed by atoms with van der Waals surface area (Å²) in [6.45, 7) is 0. The summed E-state index contributed by atoms with van der Waals surface area (Å²) in [5.41, 5.74) is 5.33. The van der Waals surface area contributed by atoms with Crippen LogP contribution in [0.5, 0.6) is 0 Å². The zero-order valence-electron chi connectivity index (χ0n) is 6.96. The van der Waals surface area contributed by atoms with Crippen LogP contribution in [0.2, 0.25) is 0 Å². The molecule has 6 heteroatoms. The van der Waals surface area contributed by atoms with Gasteiger partial charge in [0.1, 0.15) is 0 Å². The standard InChI is InChI=1S/C8H6F2N4/c9-6-2-1-5(3-7(6)10)14-8(12)13-4-11/h1-3H,(H3,12,13,14). The summed E-state index contributed by atoms with van der Waals surface area (Å²) in [6.07, 6.45) is 1.54. The fraction of sp³-hybridized carbons (Fsp3) is 0. The number of hydrogen-bond acceptors (Lipinski definition) is 2. The molecule has 0 unspecified atom stereocenters. The Morgan fingerprint density at radius 3 is 2.71 bits per heavy atom. The van der Waals surface area contributed by atoms with Crippen LogP contribution in [0, 0.1) is 23.1 Å². The zero-order valence-corrected chi connectivity index (χ0v) is 6.96. The molecule has 4 nitrogen and oxygen atoms in total. The summed E-state index contributed by atoms with van der Waals surface area (Å²) < 4.78 is 25.1. The van der Waals surface area contributed by atoms with E-state index in [9.17, 15) is 8.78 Å². The van der Waals surface area contributed by atoms with E-state index in [0.29, 0.717) is 0 Å². The Hall–Kier alpha value is -2.16. The molecule has 14 heavy (non-hydrogen) atoms. The highest BCUT2D eigenvalue weighted by molar-refractivity contribution is 5.82. The largest absolute Gasteiger partial charge is 0.369 e. The molecule has 0 aliphatic rings. The van der Waals surface area contributed by atoms with E-state index in [4.69, 9.17) is 11.0 Å². The Morgan fingerprint density at radius 2 is 2.14 bits per heavy atom. The van der Waals surface area contributed by atoms with E-state index in [1.807, 2.05) is 5.32 Å². The molecule has 0 heterocycles. The van der Waals surface area contributed by atoms with E-state index >= 15 is 0 Å². The van der Waals surface area contributed by atoms with E-state index in [1.165, 1.54) is 6.07 Å². The third kappa shape index (κ3) is 2.42. The molecule has 3 N–H and O–H groups in total. The van der Waals surface area contributed by atoms with Crippen molar-refractivity contribution in [1.29, 1.82) is 5.26 Å². The van der Waals surface area contributed by atoms with Gasteiger partial charge in [-0.2, -0.15) is 5.26 Å². The minimum atomic E-state index is -1.02. The number of nitrogens with zero attached hydrogens (tertiary/aromatic N) is 2. The lowest BCUT2D eigenvalue weighted by Crippen LogP contribution is -2.26. The number of benzene rings is 1. The second kappa shape index (κ2) is 4.18. The van der Waals surface area contributed by atoms with Gasteiger partial charge in [-0.05, 0) is 12.1 Å². The number of rotatable bonds is 1. The molecule has 0 radical (unpaired) electrons. The van der Waals surface area contributed by atoms with Crippen LogP contribution in [0.15, 0.2) is 23.2 Å². The predicted octanol–water partition coefficient (Wildman–Crippen LogP) is 0.982. The maximum atomic E-state index is 12.6. The summed E-state index contributed by atoms with van der Waals surface area (Å²) in [7, 11) is 0. The van der Waals surface area contributed by atoms with E-state index in [0.717, 1.165) is 12.1 Å². The molecular weight excluding hydrogens is 190 g/mol. The van der Waals surface area contributed by atoms with Crippen LogP contribution in [0.25, 0.3) is 0 Å². The second-order valence-electron chi connectivity index (χ2n) is 2.33. The van der Waals surface area contributed by atoms with Crippen LogP contribution >= 0.6 is 0 Å². The van der Waals surface area contributed by atoms with Gasteiger partial charge in [0.05, 0.1) is 5.69 Å². The number of nitriles is 1. The molecule has 0 fully saturated rings. The second-order valence-corrected chi connectivity index (χ2v) is 2.33. The first-order chi connectivity index (χ1) is 6.63. The molecule has 0 aromatic heterocycles. The van der Waals surface area contributed by atoms with Crippen LogP contribution in [0.3, 0.4) is 0 Å². The molecule has 0 aliphatic carbocycles. The molecule has 0 saturated carbocycles. The van der Waals surface area contributed by atoms with Crippen molar-refractivity contribution < 1.29 is 8.78 Å². The minimum absolute atomic E-state index is 0.129. The predicted molar refractivity (Wildman–Crippen MR) is 46.4 cm³/mol. The maximum Gasteiger partial charge on any atom is 0.207 e. The molecule has 1 aromatic rings. The minimum Gasteiger partial charge on any atom is -0.369 e. The van der Waals surface area contributed by atoms with E-state index in [-0.39, 0.29) is 11.6 Å². The molecule has 72 valence electrons. The van der Waals surface area contributed by atoms with Gasteiger partial charge >= 0.3 is 0 Å². The fourth-order valence-corrected chi connectivity index (χ4v) is 0.779. The Kier molecular flexibility index (Phi) is 2.97. The summed E-state index contributed by atoms with van der Waals surface area (Å²) in [5, 5.41) is 10.2. The van der Waals surface area contributed by atoms with Crippen molar-refractivity contribution in [3.8, 4) is 6.19 Å². The molecule has 0 spiro atoms. The van der Waals surface area contributed by atoms with Crippen molar-refractivity contribution in [2.24, 2.45) is 10.7 Å². The van der Waals surface area contributed by atoms with Gasteiger partial charge in [0.2, 0.25) is 5.96 Å². The average molecular weight is 196 g/mol. The van der Waals surface area contributed by atoms with Crippen molar-refractivity contribution in [2.75, 3.05) is 0 Å². The van der Waals surface area contributed by atoms with Gasteiger partial charge < -0.3 is 5.73 Å². The van der Waals surface area contributed by atoms with Crippen LogP contribution in [0.1, 0.15) is 0 Å². The first-order valence-electron chi connectivity index (χ1n) is 3.58. The maximum absolute atomic E-state index is 12.6. The molecule has 1 rings (SSSR count). The Morgan fingerprint density at radius 1 is 1.43 bits per heavy atom. The summed E-state index contributed by atoms with van der Waals surface area (Å²) >= 11 is 0. The Labute approximate surface area is 78.7 Å². The first kappa shape index (κ1) is 9.92. The highest BCUT2D eigenvalue weighted by Crippen LogP contribution is 2.15. The quantitative estimate of drug-likeness (QED) is 0.304. The van der Waals surface area contributed by atoms with Crippen LogP contribution < -0.4 is 11.1 Å². The molecule has 0 saturated heterocycles. The van der Waals surface area contributed by atoms with Crippen molar-refractivity contribution in [3.05, 3.63) is 29.8 Å². The van der Waals surface area contributed by atoms with Gasteiger partial charge in [-0.25, -0.2) is 13.8 Å². The summed E-state index contributed by atoms with van der Waals surface area (Å²) in [5.74, 6) is -2.16. The van der Waals surface area contributed by atoms with Gasteiger partial charge in [0, 0.05) is 6.07 Å². The van der Waals surface area contributed by atoms with E-state index in [1.54, 1.807) is 6.19 Å². The van der Waals surface area contributed by atoms with Crippen LogP contribution in [-0.2, 0) is 0 Å². The fourth-order valence-electron chi connectivity index (χ4n) is 0.779. The molecule has 1 aromatic carbocycles. The molecule has 0 bridgehead atoms. The van der Waals surface area contributed by atoms with Gasteiger partial charge in [0.25, 0.3) is 0 Å². The number of aliphatic imine (C=N–C) groups is 1. The Bertz CT molecular complexity index is 408. The number of hydrogen-bond donors (Lipinski definition) is 2. The Balaban J connectivity index is 2.94. The number of guanidine groups is 1. The number of halogens is 2. The SMILES string of the molecule is N#CNC(N)=Nc1ccc(F)c(F)c1. The van der Waals surface area contributed by atoms with Gasteiger partial charge in [-0.15, -0.1) is 0 Å². The number of nitrogens with two attached hydrogens (primary N) is 1. The number of nitrogens with one attached hydrogen (secondary N) is 1. The average Bonchev–Trinajstić information content (AvgIpc) is 2.12. The van der Waals surface area contributed by atoms with Crippen molar-refractivity contribution >= 4 is 11.6 Å². The molecular formula is C8H6F2N4. The third-order valence-corrected chi connectivity index (χ3v) is 1.34. The van der Waals surface area contributed by atoms with Gasteiger partial charge in [-0.3, -0.25) is 5.32 Å². The van der Waals surface area contributed by atoms with Crippen molar-refractivity contribution in [2.45, 2.75) is 0 Å². The molecule has 0 amide bonds. The highest BCUT2D eigenvalue weighted by atomic mass is 19.2. The zero-order chi connectivity index (χ0) is 10.6. The van der Waals surface area contributed by atoms with Gasteiger partial charge in [0.15, 0.2) is 17.8 Å². The monoisotopic (exact) mass is 196 g/mol. The normalized spacial score (nSPS) is 10.8. The van der Waals surface area contributed by atoms with Crippen LogP contribution in [0.4, 0.5) is 14.5 Å². The first-order valence-corrected chi connectivity index (χ1v) is 3.58. The lowest BCUT2D eigenvalue weighted by atomic mass is 10.3.